The number of thiazole rings is 1. The number of amides is 3. The Morgan fingerprint density at radius 2 is 1.97 bits per heavy atom. The summed E-state index contributed by atoms with van der Waals surface area (Å²) in [6, 6.07) is -1.71. The lowest BCUT2D eigenvalue weighted by atomic mass is 9.98. The average Bonchev–Trinajstić information content (AvgIpc) is 3.31. The highest BCUT2D eigenvalue weighted by molar-refractivity contribution is 8.00. The second-order valence-electron chi connectivity index (χ2n) is 9.14. The van der Waals surface area contributed by atoms with Crippen molar-refractivity contribution < 1.29 is 38.3 Å². The van der Waals surface area contributed by atoms with Gasteiger partial charge in [-0.1, -0.05) is 5.16 Å². The molecule has 0 radical (unpaired) electrons. The van der Waals surface area contributed by atoms with Crippen LogP contribution in [0.5, 0.6) is 0 Å². The number of hydrogen-bond acceptors (Lipinski definition) is 13. The van der Waals surface area contributed by atoms with Gasteiger partial charge in [0.15, 0.2) is 10.8 Å². The van der Waals surface area contributed by atoms with Crippen molar-refractivity contribution in [1.82, 2.24) is 15.2 Å². The van der Waals surface area contributed by atoms with Gasteiger partial charge < -0.3 is 30.7 Å². The maximum Gasteiger partial charge on any atom is 0.357 e. The summed E-state index contributed by atoms with van der Waals surface area (Å²) in [5, 5.41) is 9.96. The molecule has 1 unspecified atom stereocenters. The summed E-state index contributed by atoms with van der Waals surface area (Å²) in [7, 11) is 1.24. The number of nitrogens with one attached hydrogen (secondary N) is 2. The highest BCUT2D eigenvalue weighted by atomic mass is 35.5. The van der Waals surface area contributed by atoms with Gasteiger partial charge in [0.25, 0.3) is 11.8 Å². The van der Waals surface area contributed by atoms with E-state index in [1.807, 2.05) is 0 Å². The Bertz CT molecular complexity index is 1200. The van der Waals surface area contributed by atoms with Crippen molar-refractivity contribution in [3.63, 3.8) is 0 Å². The van der Waals surface area contributed by atoms with Gasteiger partial charge in [-0.25, -0.2) is 9.78 Å². The first-order valence-electron chi connectivity index (χ1n) is 11.3. The number of oxime groups is 1. The molecule has 0 saturated carbocycles. The summed E-state index contributed by atoms with van der Waals surface area (Å²) >= 11 is 2.38. The molecule has 1 aromatic heterocycles. The Kier molecular flexibility index (Phi) is 10.9. The van der Waals surface area contributed by atoms with Crippen LogP contribution < -0.4 is 16.4 Å². The number of nitrogens with zero attached hydrogens (tertiary/aromatic N) is 3. The minimum atomic E-state index is -0.958. The number of carbonyl (C=O) groups is 5. The van der Waals surface area contributed by atoms with Gasteiger partial charge in [-0.2, -0.15) is 0 Å². The molecular weight excluding hydrogens is 576 g/mol. The summed E-state index contributed by atoms with van der Waals surface area (Å²) in [6.45, 7) is 5.90. The van der Waals surface area contributed by atoms with E-state index in [1.54, 1.807) is 20.8 Å². The molecule has 0 aliphatic carbocycles. The Morgan fingerprint density at radius 3 is 2.59 bits per heavy atom. The van der Waals surface area contributed by atoms with E-state index in [9.17, 15) is 24.0 Å². The molecule has 17 heteroatoms. The predicted octanol–water partition coefficient (Wildman–Crippen LogP) is 0.575. The highest BCUT2D eigenvalue weighted by Gasteiger charge is 2.53. The minimum absolute atomic E-state index is 0. The van der Waals surface area contributed by atoms with E-state index < -0.39 is 59.3 Å². The van der Waals surface area contributed by atoms with Crippen molar-refractivity contribution in [2.75, 3.05) is 25.0 Å². The van der Waals surface area contributed by atoms with Crippen LogP contribution in [-0.4, -0.2) is 82.4 Å². The first kappa shape index (κ1) is 32.0. The van der Waals surface area contributed by atoms with Gasteiger partial charge in [0.05, 0.1) is 11.5 Å². The molecule has 0 aromatic carbocycles. The minimum Gasteiger partial charge on any atom is -0.427 e. The molecule has 1 saturated heterocycles. The van der Waals surface area contributed by atoms with E-state index in [2.05, 4.69) is 20.8 Å². The van der Waals surface area contributed by atoms with Crippen molar-refractivity contribution in [3.8, 4) is 0 Å². The number of halogens is 1. The first-order chi connectivity index (χ1) is 17.8. The number of fused-ring (bicyclic) bond motifs is 1. The lowest BCUT2D eigenvalue weighted by molar-refractivity contribution is -0.173. The number of ether oxygens (including phenoxy) is 2. The van der Waals surface area contributed by atoms with E-state index in [0.717, 1.165) is 11.3 Å². The van der Waals surface area contributed by atoms with Gasteiger partial charge >= 0.3 is 11.9 Å². The van der Waals surface area contributed by atoms with Crippen LogP contribution in [0.3, 0.4) is 0 Å². The lowest BCUT2D eigenvalue weighted by Gasteiger charge is -2.48. The van der Waals surface area contributed by atoms with Crippen molar-refractivity contribution in [1.29, 1.82) is 0 Å². The standard InChI is InChI=1S/C22H28N6O8S2.ClH/c1-10(23)15(29)26-21-24-11(8-38-21)13(27-34-5)16(30)25-14-17(31)28-12(6-7-37-18(14)28)19(32)35-9-36-20(33)22(2,3)4;/h6,8,10,14,18H,7,9,23H2,1-5H3,(H,25,30)(H,24,26,29);1H/t10-,14?,18-;/m0./s1. The van der Waals surface area contributed by atoms with Crippen molar-refractivity contribution in [2.45, 2.75) is 45.2 Å². The van der Waals surface area contributed by atoms with Gasteiger partial charge in [0.1, 0.15) is 29.9 Å². The molecule has 1 fully saturated rings. The molecule has 3 heterocycles. The highest BCUT2D eigenvalue weighted by Crippen LogP contribution is 2.38. The number of anilines is 1. The maximum absolute atomic E-state index is 13.0. The van der Waals surface area contributed by atoms with Crippen molar-refractivity contribution in [3.05, 3.63) is 22.8 Å². The number of aromatic nitrogens is 1. The normalized spacial score (nSPS) is 19.3. The summed E-state index contributed by atoms with van der Waals surface area (Å²) in [5.41, 5.74) is 4.67. The zero-order chi connectivity index (χ0) is 28.2. The summed E-state index contributed by atoms with van der Waals surface area (Å²) in [5.74, 6) is -2.73. The van der Waals surface area contributed by atoms with Gasteiger partial charge in [0.2, 0.25) is 12.7 Å². The third kappa shape index (κ3) is 7.46. The largest absolute Gasteiger partial charge is 0.427 e. The molecule has 3 amide bonds. The Labute approximate surface area is 238 Å². The van der Waals surface area contributed by atoms with E-state index in [0.29, 0.717) is 5.75 Å². The summed E-state index contributed by atoms with van der Waals surface area (Å²) in [4.78, 5) is 72.2. The van der Waals surface area contributed by atoms with Crippen LogP contribution in [0.1, 0.15) is 33.4 Å². The van der Waals surface area contributed by atoms with Crippen LogP contribution in [0.25, 0.3) is 0 Å². The fraction of sp³-hybridized carbons (Fsp3) is 0.500. The second kappa shape index (κ2) is 13.2. The van der Waals surface area contributed by atoms with Crippen LogP contribution in [0, 0.1) is 5.41 Å². The number of esters is 2. The molecule has 2 aliphatic heterocycles. The third-order valence-corrected chi connectivity index (χ3v) is 7.06. The topological polar surface area (TPSA) is 192 Å². The van der Waals surface area contributed by atoms with Gasteiger partial charge in [-0.15, -0.1) is 35.5 Å². The van der Waals surface area contributed by atoms with E-state index in [1.165, 1.54) is 42.2 Å². The number of thioether (sulfide) groups is 1. The predicted molar refractivity (Wildman–Crippen MR) is 145 cm³/mol. The number of β-lactam (4-membered cyclic amide) rings is 1. The van der Waals surface area contributed by atoms with Crippen LogP contribution in [0.4, 0.5) is 5.13 Å². The van der Waals surface area contributed by atoms with E-state index >= 15 is 0 Å². The summed E-state index contributed by atoms with van der Waals surface area (Å²) < 4.78 is 9.96. The Hall–Kier alpha value is -3.21. The van der Waals surface area contributed by atoms with Crippen molar-refractivity contribution in [2.24, 2.45) is 16.3 Å². The first-order valence-corrected chi connectivity index (χ1v) is 13.2. The average molecular weight is 605 g/mol. The van der Waals surface area contributed by atoms with Crippen LogP contribution in [-0.2, 0) is 38.3 Å². The SMILES string of the molecule is CON=C(C(=O)NC1C(=O)N2C(C(=O)OCOC(=O)C(C)(C)C)=CCS[C@@H]12)c1csc(NC(=O)[C@H](C)N)n1.Cl. The molecule has 0 bridgehead atoms. The van der Waals surface area contributed by atoms with Crippen LogP contribution in [0.2, 0.25) is 0 Å². The van der Waals surface area contributed by atoms with E-state index in [-0.39, 0.29) is 34.6 Å². The van der Waals surface area contributed by atoms with Gasteiger partial charge in [-0.3, -0.25) is 24.1 Å². The van der Waals surface area contributed by atoms with Crippen LogP contribution in [0.15, 0.2) is 22.3 Å². The van der Waals surface area contributed by atoms with Gasteiger partial charge in [0, 0.05) is 11.1 Å². The molecule has 3 atom stereocenters. The molecule has 2 aliphatic rings. The van der Waals surface area contributed by atoms with Crippen molar-refractivity contribution >= 4 is 76.0 Å². The quantitative estimate of drug-likeness (QED) is 0.117. The third-order valence-electron chi connectivity index (χ3n) is 5.12. The molecule has 3 rings (SSSR count). The molecule has 1 aromatic rings. The number of nitrogens with two attached hydrogens (primary N) is 1. The number of rotatable bonds is 9. The summed E-state index contributed by atoms with van der Waals surface area (Å²) in [6.07, 6.45) is 1.52. The molecule has 4 N–H and O–H groups in total. The smallest absolute Gasteiger partial charge is 0.357 e. The lowest BCUT2D eigenvalue weighted by Crippen LogP contribution is -2.70. The zero-order valence-corrected chi connectivity index (χ0v) is 24.2. The molecule has 214 valence electrons. The molecule has 14 nitrogen and oxygen atoms in total. The molecule has 0 spiro atoms. The Morgan fingerprint density at radius 1 is 1.28 bits per heavy atom. The second-order valence-corrected chi connectivity index (χ2v) is 11.2. The van der Waals surface area contributed by atoms with Crippen LogP contribution >= 0.6 is 35.5 Å². The van der Waals surface area contributed by atoms with E-state index in [4.69, 9.17) is 20.0 Å². The fourth-order valence-corrected chi connectivity index (χ4v) is 5.01. The number of hydrogen-bond donors (Lipinski definition) is 3. The Balaban J connectivity index is 0.00000533. The molecular formula is C22H29ClN6O8S2. The fourth-order valence-electron chi connectivity index (χ4n) is 3.12. The monoisotopic (exact) mass is 604 g/mol. The zero-order valence-electron chi connectivity index (χ0n) is 21.7. The number of carbonyl (C=O) groups excluding carboxylic acids is 5. The maximum atomic E-state index is 13.0. The van der Waals surface area contributed by atoms with Gasteiger partial charge in [-0.05, 0) is 33.8 Å². The molecule has 39 heavy (non-hydrogen) atoms.